The van der Waals surface area contributed by atoms with Crippen molar-refractivity contribution in [2.45, 2.75) is 37.8 Å². The zero-order valence-corrected chi connectivity index (χ0v) is 19.6. The lowest BCUT2D eigenvalue weighted by Gasteiger charge is -2.33. The fourth-order valence-corrected chi connectivity index (χ4v) is 4.88. The fourth-order valence-electron chi connectivity index (χ4n) is 4.88. The normalized spacial score (nSPS) is 21.9. The van der Waals surface area contributed by atoms with Gasteiger partial charge in [-0.1, -0.05) is 18.2 Å². The van der Waals surface area contributed by atoms with Crippen molar-refractivity contribution in [1.82, 2.24) is 16.0 Å². The van der Waals surface area contributed by atoms with Gasteiger partial charge in [-0.05, 0) is 42.3 Å². The molecule has 0 bridgehead atoms. The van der Waals surface area contributed by atoms with Crippen molar-refractivity contribution in [3.8, 4) is 5.75 Å². The molecule has 6 amide bonds. The minimum Gasteiger partial charge on any atom is -0.478 e. The maximum Gasteiger partial charge on any atom is 0.322 e. The van der Waals surface area contributed by atoms with E-state index in [0.29, 0.717) is 36.5 Å². The van der Waals surface area contributed by atoms with Gasteiger partial charge in [0.05, 0.1) is 12.1 Å². The number of para-hydroxylation sites is 2. The van der Waals surface area contributed by atoms with Crippen LogP contribution in [0.15, 0.2) is 42.5 Å². The largest absolute Gasteiger partial charge is 0.478 e. The summed E-state index contributed by atoms with van der Waals surface area (Å²) in [7, 11) is 0. The first-order valence-corrected chi connectivity index (χ1v) is 11.7. The predicted octanol–water partition coefficient (Wildman–Crippen LogP) is 0.622. The lowest BCUT2D eigenvalue weighted by Crippen LogP contribution is -2.50. The molecule has 0 aromatic heterocycles. The molecule has 1 saturated heterocycles. The molecule has 2 aromatic rings. The van der Waals surface area contributed by atoms with Crippen LogP contribution in [-0.2, 0) is 32.0 Å². The van der Waals surface area contributed by atoms with Gasteiger partial charge < -0.3 is 20.7 Å². The van der Waals surface area contributed by atoms with Gasteiger partial charge in [0.2, 0.25) is 11.8 Å². The summed E-state index contributed by atoms with van der Waals surface area (Å²) < 4.78 is 5.76. The number of hydrogen-bond donors (Lipinski definition) is 4. The van der Waals surface area contributed by atoms with Crippen LogP contribution in [0.2, 0.25) is 0 Å². The van der Waals surface area contributed by atoms with E-state index in [9.17, 15) is 24.0 Å². The molecule has 2 unspecified atom stereocenters. The Balaban J connectivity index is 1.30. The van der Waals surface area contributed by atoms with E-state index in [2.05, 4.69) is 21.3 Å². The molecule has 0 saturated carbocycles. The number of fused-ring (bicyclic) bond motifs is 2. The van der Waals surface area contributed by atoms with E-state index in [-0.39, 0.29) is 24.8 Å². The number of carbonyl (C=O) groups excluding carboxylic acids is 5. The van der Waals surface area contributed by atoms with Crippen molar-refractivity contribution in [1.29, 1.82) is 0 Å². The number of urea groups is 1. The highest BCUT2D eigenvalue weighted by Gasteiger charge is 2.50. The van der Waals surface area contributed by atoms with Crippen LogP contribution in [0.4, 0.5) is 16.2 Å². The third-order valence-corrected chi connectivity index (χ3v) is 6.50. The number of benzene rings is 2. The van der Waals surface area contributed by atoms with E-state index < -0.39 is 29.5 Å². The summed E-state index contributed by atoms with van der Waals surface area (Å²) in [5.74, 6) is -1.17. The van der Waals surface area contributed by atoms with Crippen LogP contribution in [0.5, 0.6) is 5.75 Å². The molecule has 0 radical (unpaired) electrons. The number of amides is 6. The molecule has 3 aliphatic rings. The highest BCUT2D eigenvalue weighted by Crippen LogP contribution is 2.35. The van der Waals surface area contributed by atoms with Crippen LogP contribution in [0.1, 0.15) is 24.5 Å². The molecular formula is C25H25N5O6. The molecule has 11 nitrogen and oxygen atoms in total. The molecule has 1 aliphatic carbocycles. The number of nitrogens with zero attached hydrogens (tertiary/aromatic N) is 1. The standard InChI is InChI=1S/C25H25N5O6/c1-2-26-20(31)10-19-22(33)30(17-5-3-4-6-18(17)36-19)13-21(32)27-16-8-7-14-11-25(12-15(14)9-16)23(34)28-24(35)29-25/h3-9,19H,2,10-13H2,1H3,(H,26,31)(H,27,32)(H2,28,29,34,35). The van der Waals surface area contributed by atoms with Gasteiger partial charge in [0.25, 0.3) is 11.8 Å². The number of rotatable bonds is 6. The number of imide groups is 1. The molecular weight excluding hydrogens is 466 g/mol. The van der Waals surface area contributed by atoms with Gasteiger partial charge in [-0.2, -0.15) is 0 Å². The molecule has 2 aromatic carbocycles. The summed E-state index contributed by atoms with van der Waals surface area (Å²) in [5, 5.41) is 10.4. The van der Waals surface area contributed by atoms with Crippen molar-refractivity contribution < 1.29 is 28.7 Å². The lowest BCUT2D eigenvalue weighted by atomic mass is 9.96. The Hall–Kier alpha value is -4.41. The second-order valence-corrected chi connectivity index (χ2v) is 9.03. The molecule has 1 fully saturated rings. The van der Waals surface area contributed by atoms with E-state index in [0.717, 1.165) is 11.1 Å². The first-order valence-electron chi connectivity index (χ1n) is 11.7. The number of hydrogen-bond acceptors (Lipinski definition) is 6. The first-order chi connectivity index (χ1) is 17.3. The Labute approximate surface area is 206 Å². The van der Waals surface area contributed by atoms with E-state index in [1.807, 2.05) is 6.07 Å². The van der Waals surface area contributed by atoms with E-state index in [4.69, 9.17) is 4.74 Å². The average Bonchev–Trinajstić information content (AvgIpc) is 3.33. The average molecular weight is 492 g/mol. The van der Waals surface area contributed by atoms with Gasteiger partial charge in [0.15, 0.2) is 6.10 Å². The minimum atomic E-state index is -1.04. The zero-order valence-electron chi connectivity index (χ0n) is 19.6. The summed E-state index contributed by atoms with van der Waals surface area (Å²) in [6.45, 7) is 1.94. The Morgan fingerprint density at radius 3 is 2.61 bits per heavy atom. The number of carbonyl (C=O) groups is 5. The smallest absolute Gasteiger partial charge is 0.322 e. The SMILES string of the molecule is CCNC(=O)CC1Oc2ccccc2N(CC(=O)Nc2ccc3c(c2)CC2(C3)NC(=O)NC2=O)C1=O. The summed E-state index contributed by atoms with van der Waals surface area (Å²) in [6.07, 6.45) is -0.501. The topological polar surface area (TPSA) is 146 Å². The van der Waals surface area contributed by atoms with Crippen molar-refractivity contribution in [3.05, 3.63) is 53.6 Å². The number of nitrogens with one attached hydrogen (secondary N) is 4. The highest BCUT2D eigenvalue weighted by molar-refractivity contribution is 6.08. The summed E-state index contributed by atoms with van der Waals surface area (Å²) in [5.41, 5.74) is 1.72. The third-order valence-electron chi connectivity index (χ3n) is 6.50. The molecule has 2 atom stereocenters. The van der Waals surface area contributed by atoms with Gasteiger partial charge in [-0.15, -0.1) is 0 Å². The molecule has 1 spiro atoms. The molecule has 11 heteroatoms. The first kappa shape index (κ1) is 23.3. The number of ether oxygens (including phenoxy) is 1. The van der Waals surface area contributed by atoms with Gasteiger partial charge in [0.1, 0.15) is 17.8 Å². The zero-order chi connectivity index (χ0) is 25.4. The van der Waals surface area contributed by atoms with Crippen LogP contribution in [0, 0.1) is 0 Å². The van der Waals surface area contributed by atoms with Gasteiger partial charge in [0, 0.05) is 25.1 Å². The van der Waals surface area contributed by atoms with Gasteiger partial charge in [-0.3, -0.25) is 29.4 Å². The minimum absolute atomic E-state index is 0.157. The molecule has 186 valence electrons. The Kier molecular flexibility index (Phi) is 5.83. The summed E-state index contributed by atoms with van der Waals surface area (Å²) >= 11 is 0. The third kappa shape index (κ3) is 4.23. The van der Waals surface area contributed by atoms with Crippen molar-refractivity contribution in [3.63, 3.8) is 0 Å². The molecule has 4 N–H and O–H groups in total. The molecule has 2 aliphatic heterocycles. The Bertz CT molecular complexity index is 1290. The highest BCUT2D eigenvalue weighted by atomic mass is 16.5. The van der Waals surface area contributed by atoms with Crippen LogP contribution in [-0.4, -0.2) is 54.4 Å². The van der Waals surface area contributed by atoms with Crippen molar-refractivity contribution in [2.75, 3.05) is 23.3 Å². The van der Waals surface area contributed by atoms with Gasteiger partial charge >= 0.3 is 6.03 Å². The summed E-state index contributed by atoms with van der Waals surface area (Å²) in [4.78, 5) is 63.4. The fraction of sp³-hybridized carbons (Fsp3) is 0.320. The lowest BCUT2D eigenvalue weighted by molar-refractivity contribution is -0.132. The molecule has 2 heterocycles. The molecule has 36 heavy (non-hydrogen) atoms. The van der Waals surface area contributed by atoms with Crippen LogP contribution in [0.25, 0.3) is 0 Å². The second-order valence-electron chi connectivity index (χ2n) is 9.03. The van der Waals surface area contributed by atoms with Gasteiger partial charge in [-0.25, -0.2) is 4.79 Å². The molecule has 5 rings (SSSR count). The van der Waals surface area contributed by atoms with E-state index in [1.54, 1.807) is 43.3 Å². The Morgan fingerprint density at radius 1 is 1.08 bits per heavy atom. The second kappa shape index (κ2) is 8.99. The maximum atomic E-state index is 13.1. The van der Waals surface area contributed by atoms with E-state index in [1.165, 1.54) is 4.90 Å². The van der Waals surface area contributed by atoms with Crippen molar-refractivity contribution in [2.24, 2.45) is 0 Å². The quantitative estimate of drug-likeness (QED) is 0.436. The summed E-state index contributed by atoms with van der Waals surface area (Å²) in [6, 6.07) is 11.6. The Morgan fingerprint density at radius 2 is 1.86 bits per heavy atom. The van der Waals surface area contributed by atoms with E-state index >= 15 is 0 Å². The van der Waals surface area contributed by atoms with Crippen LogP contribution in [0.3, 0.4) is 0 Å². The number of anilines is 2. The monoisotopic (exact) mass is 491 g/mol. The predicted molar refractivity (Wildman–Crippen MR) is 128 cm³/mol. The van der Waals surface area contributed by atoms with Crippen LogP contribution >= 0.6 is 0 Å². The maximum absolute atomic E-state index is 13.1. The van der Waals surface area contributed by atoms with Crippen LogP contribution < -0.4 is 30.9 Å². The van der Waals surface area contributed by atoms with Crippen molar-refractivity contribution >= 4 is 41.0 Å².